The fraction of sp³-hybridized carbons (Fsp3) is 0.900. The number of ether oxygens (including phenoxy) is 1. The molecule has 0 radical (unpaired) electrons. The van der Waals surface area contributed by atoms with Crippen LogP contribution in [0.2, 0.25) is 0 Å². The molecule has 1 fully saturated rings. The Morgan fingerprint density at radius 1 is 1.54 bits per heavy atom. The van der Waals surface area contributed by atoms with Crippen molar-refractivity contribution < 1.29 is 9.53 Å². The van der Waals surface area contributed by atoms with Crippen LogP contribution in [0.3, 0.4) is 0 Å². The lowest BCUT2D eigenvalue weighted by Crippen LogP contribution is -2.29. The molecule has 0 amide bonds. The summed E-state index contributed by atoms with van der Waals surface area (Å²) in [5.74, 6) is 0.393. The summed E-state index contributed by atoms with van der Waals surface area (Å²) in [6, 6.07) is 0.299. The van der Waals surface area contributed by atoms with E-state index in [1.165, 1.54) is 0 Å². The third-order valence-corrected chi connectivity index (χ3v) is 2.58. The highest BCUT2D eigenvalue weighted by Gasteiger charge is 2.21. The number of hydrogen-bond acceptors (Lipinski definition) is 3. The molecule has 76 valence electrons. The predicted molar refractivity (Wildman–Crippen MR) is 51.2 cm³/mol. The van der Waals surface area contributed by atoms with Crippen molar-refractivity contribution in [1.82, 2.24) is 0 Å². The highest BCUT2D eigenvalue weighted by molar-refractivity contribution is 5.69. The second kappa shape index (κ2) is 5.22. The standard InChI is InChI=1S/C10H19NO2/c1-2-13-10(12)7-8-4-3-5-9(11)6-8/h8-9H,2-7,11H2,1H3/t8-,9+/m0/s1. The Bertz CT molecular complexity index is 170. The summed E-state index contributed by atoms with van der Waals surface area (Å²) in [6.07, 6.45) is 4.94. The zero-order valence-corrected chi connectivity index (χ0v) is 8.29. The lowest BCUT2D eigenvalue weighted by Gasteiger charge is -2.25. The van der Waals surface area contributed by atoms with Crippen molar-refractivity contribution in [3.63, 3.8) is 0 Å². The molecule has 0 bridgehead atoms. The van der Waals surface area contributed by atoms with E-state index in [4.69, 9.17) is 10.5 Å². The number of carbonyl (C=O) groups is 1. The summed E-state index contributed by atoms with van der Waals surface area (Å²) >= 11 is 0. The minimum atomic E-state index is -0.0680. The van der Waals surface area contributed by atoms with Gasteiger partial charge in [0.05, 0.1) is 6.61 Å². The zero-order chi connectivity index (χ0) is 9.68. The van der Waals surface area contributed by atoms with Crippen molar-refractivity contribution in [3.05, 3.63) is 0 Å². The normalized spacial score (nSPS) is 28.5. The molecular formula is C10H19NO2. The van der Waals surface area contributed by atoms with Gasteiger partial charge in [-0.15, -0.1) is 0 Å². The van der Waals surface area contributed by atoms with Crippen LogP contribution in [0.4, 0.5) is 0 Å². The van der Waals surface area contributed by atoms with Crippen molar-refractivity contribution in [3.8, 4) is 0 Å². The highest BCUT2D eigenvalue weighted by Crippen LogP contribution is 2.25. The van der Waals surface area contributed by atoms with E-state index in [-0.39, 0.29) is 5.97 Å². The first-order valence-electron chi connectivity index (χ1n) is 5.13. The van der Waals surface area contributed by atoms with Crippen LogP contribution in [-0.2, 0) is 9.53 Å². The number of esters is 1. The van der Waals surface area contributed by atoms with Crippen molar-refractivity contribution in [2.75, 3.05) is 6.61 Å². The summed E-state index contributed by atoms with van der Waals surface area (Å²) in [4.78, 5) is 11.2. The van der Waals surface area contributed by atoms with Gasteiger partial charge in [-0.3, -0.25) is 4.79 Å². The Labute approximate surface area is 79.6 Å². The predicted octanol–water partition coefficient (Wildman–Crippen LogP) is 1.46. The van der Waals surface area contributed by atoms with E-state index in [9.17, 15) is 4.79 Å². The first-order chi connectivity index (χ1) is 6.22. The van der Waals surface area contributed by atoms with Crippen LogP contribution in [0.1, 0.15) is 39.0 Å². The average Bonchev–Trinajstić information content (AvgIpc) is 2.04. The Morgan fingerprint density at radius 3 is 2.92 bits per heavy atom. The molecule has 0 aromatic rings. The van der Waals surface area contributed by atoms with Gasteiger partial charge in [-0.25, -0.2) is 0 Å². The van der Waals surface area contributed by atoms with E-state index >= 15 is 0 Å². The van der Waals surface area contributed by atoms with Gasteiger partial charge in [0.1, 0.15) is 0 Å². The molecule has 1 aliphatic rings. The molecule has 1 saturated carbocycles. The smallest absolute Gasteiger partial charge is 0.306 e. The molecule has 2 atom stereocenters. The van der Waals surface area contributed by atoms with E-state index in [0.717, 1.165) is 25.7 Å². The van der Waals surface area contributed by atoms with Crippen LogP contribution in [-0.4, -0.2) is 18.6 Å². The largest absolute Gasteiger partial charge is 0.466 e. The van der Waals surface area contributed by atoms with Gasteiger partial charge in [0.25, 0.3) is 0 Å². The minimum Gasteiger partial charge on any atom is -0.466 e. The molecular weight excluding hydrogens is 166 g/mol. The lowest BCUT2D eigenvalue weighted by atomic mass is 9.84. The van der Waals surface area contributed by atoms with E-state index in [1.807, 2.05) is 6.92 Å². The first-order valence-corrected chi connectivity index (χ1v) is 5.13. The first kappa shape index (κ1) is 10.5. The zero-order valence-electron chi connectivity index (χ0n) is 8.29. The molecule has 13 heavy (non-hydrogen) atoms. The maximum absolute atomic E-state index is 11.2. The number of carbonyl (C=O) groups excluding carboxylic acids is 1. The van der Waals surface area contributed by atoms with Gasteiger partial charge in [0, 0.05) is 12.5 Å². The third kappa shape index (κ3) is 3.77. The number of rotatable bonds is 3. The molecule has 0 aromatic carbocycles. The molecule has 0 aromatic heterocycles. The van der Waals surface area contributed by atoms with E-state index in [0.29, 0.717) is 25.0 Å². The van der Waals surface area contributed by atoms with E-state index in [2.05, 4.69) is 0 Å². The second-order valence-corrected chi connectivity index (χ2v) is 3.80. The van der Waals surface area contributed by atoms with Crippen LogP contribution < -0.4 is 5.73 Å². The molecule has 0 spiro atoms. The molecule has 0 heterocycles. The molecule has 0 saturated heterocycles. The number of hydrogen-bond donors (Lipinski definition) is 1. The molecule has 3 heteroatoms. The van der Waals surface area contributed by atoms with Crippen LogP contribution in [0.5, 0.6) is 0 Å². The van der Waals surface area contributed by atoms with Gasteiger partial charge in [0.15, 0.2) is 0 Å². The van der Waals surface area contributed by atoms with Crippen LogP contribution >= 0.6 is 0 Å². The van der Waals surface area contributed by atoms with Crippen molar-refractivity contribution >= 4 is 5.97 Å². The molecule has 3 nitrogen and oxygen atoms in total. The van der Waals surface area contributed by atoms with Crippen LogP contribution in [0.15, 0.2) is 0 Å². The fourth-order valence-corrected chi connectivity index (χ4v) is 1.97. The Hall–Kier alpha value is -0.570. The number of nitrogens with two attached hydrogens (primary N) is 1. The Morgan fingerprint density at radius 2 is 2.31 bits per heavy atom. The fourth-order valence-electron chi connectivity index (χ4n) is 1.97. The SMILES string of the molecule is CCOC(=O)C[C@H]1CCC[C@@H](N)C1. The van der Waals surface area contributed by atoms with Gasteiger partial charge in [0.2, 0.25) is 0 Å². The quantitative estimate of drug-likeness (QED) is 0.677. The van der Waals surface area contributed by atoms with E-state index in [1.54, 1.807) is 0 Å². The molecule has 0 aliphatic heterocycles. The maximum atomic E-state index is 11.2. The molecule has 1 rings (SSSR count). The summed E-state index contributed by atoms with van der Waals surface area (Å²) in [5.41, 5.74) is 5.82. The summed E-state index contributed by atoms with van der Waals surface area (Å²) in [7, 11) is 0. The Balaban J connectivity index is 2.23. The summed E-state index contributed by atoms with van der Waals surface area (Å²) in [5, 5.41) is 0. The van der Waals surface area contributed by atoms with Crippen LogP contribution in [0.25, 0.3) is 0 Å². The molecule has 2 N–H and O–H groups in total. The van der Waals surface area contributed by atoms with Gasteiger partial charge in [-0.2, -0.15) is 0 Å². The second-order valence-electron chi connectivity index (χ2n) is 3.80. The van der Waals surface area contributed by atoms with Crippen molar-refractivity contribution in [2.45, 2.75) is 45.1 Å². The molecule has 0 unspecified atom stereocenters. The average molecular weight is 185 g/mol. The van der Waals surface area contributed by atoms with Gasteiger partial charge >= 0.3 is 5.97 Å². The topological polar surface area (TPSA) is 52.3 Å². The highest BCUT2D eigenvalue weighted by atomic mass is 16.5. The van der Waals surface area contributed by atoms with Crippen molar-refractivity contribution in [1.29, 1.82) is 0 Å². The molecule has 1 aliphatic carbocycles. The maximum Gasteiger partial charge on any atom is 0.306 e. The summed E-state index contributed by atoms with van der Waals surface area (Å²) in [6.45, 7) is 2.32. The minimum absolute atomic E-state index is 0.0680. The van der Waals surface area contributed by atoms with Crippen molar-refractivity contribution in [2.24, 2.45) is 11.7 Å². The van der Waals surface area contributed by atoms with Crippen LogP contribution in [0, 0.1) is 5.92 Å². The van der Waals surface area contributed by atoms with Gasteiger partial charge < -0.3 is 10.5 Å². The lowest BCUT2D eigenvalue weighted by molar-refractivity contribution is -0.144. The third-order valence-electron chi connectivity index (χ3n) is 2.58. The van der Waals surface area contributed by atoms with Gasteiger partial charge in [-0.05, 0) is 32.1 Å². The monoisotopic (exact) mass is 185 g/mol. The Kier molecular flexibility index (Phi) is 4.22. The van der Waals surface area contributed by atoms with E-state index < -0.39 is 0 Å². The summed E-state index contributed by atoms with van der Waals surface area (Å²) < 4.78 is 4.90. The van der Waals surface area contributed by atoms with Gasteiger partial charge in [-0.1, -0.05) is 6.42 Å².